The minimum Gasteiger partial charge on any atom is -0.379 e. The highest BCUT2D eigenvalue weighted by molar-refractivity contribution is 7.08. The van der Waals surface area contributed by atoms with E-state index in [9.17, 15) is 9.59 Å². The molecule has 2 amide bonds. The maximum Gasteiger partial charge on any atom is 0.252 e. The Morgan fingerprint density at radius 1 is 1.12 bits per heavy atom. The SMILES string of the molecule is O=C(CCNC(=O)c1ccsc1)Nc1ccc(CN2CCOCC2)cc1. The van der Waals surface area contributed by atoms with Crippen LogP contribution < -0.4 is 10.6 Å². The van der Waals surface area contributed by atoms with Crippen LogP contribution in [0.2, 0.25) is 0 Å². The molecule has 2 aromatic rings. The topological polar surface area (TPSA) is 70.7 Å². The lowest BCUT2D eigenvalue weighted by Gasteiger charge is -2.26. The molecule has 0 saturated carbocycles. The fourth-order valence-corrected chi connectivity index (χ4v) is 3.36. The maximum atomic E-state index is 12.0. The first-order chi connectivity index (χ1) is 12.7. The number of thiophene rings is 1. The van der Waals surface area contributed by atoms with E-state index in [0.29, 0.717) is 12.1 Å². The Hall–Kier alpha value is -2.22. The van der Waals surface area contributed by atoms with Crippen molar-refractivity contribution in [2.45, 2.75) is 13.0 Å². The monoisotopic (exact) mass is 373 g/mol. The molecule has 7 heteroatoms. The van der Waals surface area contributed by atoms with Crippen LogP contribution in [0.5, 0.6) is 0 Å². The van der Waals surface area contributed by atoms with Gasteiger partial charge in [-0.05, 0) is 29.1 Å². The summed E-state index contributed by atoms with van der Waals surface area (Å²) in [5.74, 6) is -0.261. The molecular formula is C19H23N3O3S. The molecule has 0 radical (unpaired) electrons. The quantitative estimate of drug-likeness (QED) is 0.782. The molecule has 6 nitrogen and oxygen atoms in total. The molecule has 0 atom stereocenters. The molecule has 1 fully saturated rings. The number of anilines is 1. The summed E-state index contributed by atoms with van der Waals surface area (Å²) in [6, 6.07) is 9.65. The van der Waals surface area contributed by atoms with E-state index in [0.717, 1.165) is 38.5 Å². The van der Waals surface area contributed by atoms with Crippen LogP contribution in [0.1, 0.15) is 22.3 Å². The fourth-order valence-electron chi connectivity index (χ4n) is 2.72. The lowest BCUT2D eigenvalue weighted by Crippen LogP contribution is -2.35. The van der Waals surface area contributed by atoms with Crippen LogP contribution in [0.4, 0.5) is 5.69 Å². The van der Waals surface area contributed by atoms with E-state index in [2.05, 4.69) is 15.5 Å². The number of benzene rings is 1. The molecule has 0 bridgehead atoms. The smallest absolute Gasteiger partial charge is 0.252 e. The molecule has 26 heavy (non-hydrogen) atoms. The molecular weight excluding hydrogens is 350 g/mol. The second-order valence-corrected chi connectivity index (χ2v) is 6.93. The van der Waals surface area contributed by atoms with Gasteiger partial charge in [-0.3, -0.25) is 14.5 Å². The molecule has 2 heterocycles. The van der Waals surface area contributed by atoms with E-state index in [-0.39, 0.29) is 18.2 Å². The van der Waals surface area contributed by atoms with Crippen molar-refractivity contribution in [2.24, 2.45) is 0 Å². The molecule has 1 aromatic heterocycles. The second-order valence-electron chi connectivity index (χ2n) is 6.15. The Kier molecular flexibility index (Phi) is 6.76. The summed E-state index contributed by atoms with van der Waals surface area (Å²) >= 11 is 1.47. The fraction of sp³-hybridized carbons (Fsp3) is 0.368. The Bertz CT molecular complexity index is 710. The number of rotatable bonds is 7. The highest BCUT2D eigenvalue weighted by Crippen LogP contribution is 2.13. The summed E-state index contributed by atoms with van der Waals surface area (Å²) in [5, 5.41) is 9.24. The molecule has 1 aliphatic heterocycles. The zero-order valence-electron chi connectivity index (χ0n) is 14.6. The van der Waals surface area contributed by atoms with Crippen molar-refractivity contribution in [3.63, 3.8) is 0 Å². The minimum absolute atomic E-state index is 0.114. The van der Waals surface area contributed by atoms with Gasteiger partial charge in [-0.25, -0.2) is 0 Å². The number of nitrogens with one attached hydrogen (secondary N) is 2. The van der Waals surface area contributed by atoms with Gasteiger partial charge in [-0.15, -0.1) is 0 Å². The van der Waals surface area contributed by atoms with E-state index < -0.39 is 0 Å². The number of ether oxygens (including phenoxy) is 1. The maximum absolute atomic E-state index is 12.0. The molecule has 138 valence electrons. The van der Waals surface area contributed by atoms with Crippen molar-refractivity contribution in [3.05, 3.63) is 52.2 Å². The molecule has 3 rings (SSSR count). The van der Waals surface area contributed by atoms with Crippen molar-refractivity contribution in [3.8, 4) is 0 Å². The normalized spacial score (nSPS) is 14.8. The largest absolute Gasteiger partial charge is 0.379 e. The third-order valence-corrected chi connectivity index (χ3v) is 4.85. The lowest BCUT2D eigenvalue weighted by atomic mass is 10.2. The van der Waals surface area contributed by atoms with Crippen LogP contribution in [-0.2, 0) is 16.1 Å². The highest BCUT2D eigenvalue weighted by atomic mass is 32.1. The number of morpholine rings is 1. The van der Waals surface area contributed by atoms with Crippen molar-refractivity contribution >= 4 is 28.8 Å². The highest BCUT2D eigenvalue weighted by Gasteiger charge is 2.11. The van der Waals surface area contributed by atoms with Gasteiger partial charge in [-0.1, -0.05) is 12.1 Å². The van der Waals surface area contributed by atoms with E-state index in [1.165, 1.54) is 16.9 Å². The molecule has 2 N–H and O–H groups in total. The Labute approximate surface area is 157 Å². The van der Waals surface area contributed by atoms with Crippen molar-refractivity contribution < 1.29 is 14.3 Å². The van der Waals surface area contributed by atoms with Crippen LogP contribution in [0.25, 0.3) is 0 Å². The van der Waals surface area contributed by atoms with Crippen LogP contribution in [-0.4, -0.2) is 49.6 Å². The molecule has 0 spiro atoms. The Balaban J connectivity index is 1.39. The summed E-state index contributed by atoms with van der Waals surface area (Å²) in [5.41, 5.74) is 2.61. The average molecular weight is 373 g/mol. The van der Waals surface area contributed by atoms with Gasteiger partial charge in [0.25, 0.3) is 5.91 Å². The standard InChI is InChI=1S/C19H23N3O3S/c23-18(5-7-20-19(24)16-6-12-26-14-16)21-17-3-1-15(2-4-17)13-22-8-10-25-11-9-22/h1-4,6,12,14H,5,7-11,13H2,(H,20,24)(H,21,23). The van der Waals surface area contributed by atoms with Crippen molar-refractivity contribution in [2.75, 3.05) is 38.2 Å². The molecule has 0 unspecified atom stereocenters. The molecule has 1 saturated heterocycles. The zero-order chi connectivity index (χ0) is 18.2. The van der Waals surface area contributed by atoms with Crippen LogP contribution in [0.15, 0.2) is 41.1 Å². The molecule has 1 aliphatic rings. The van der Waals surface area contributed by atoms with Gasteiger partial charge < -0.3 is 15.4 Å². The first kappa shape index (κ1) is 18.6. The number of hydrogen-bond acceptors (Lipinski definition) is 5. The zero-order valence-corrected chi connectivity index (χ0v) is 15.4. The average Bonchev–Trinajstić information content (AvgIpc) is 3.19. The first-order valence-electron chi connectivity index (χ1n) is 8.70. The van der Waals surface area contributed by atoms with Crippen LogP contribution in [0, 0.1) is 0 Å². The van der Waals surface area contributed by atoms with E-state index in [1.807, 2.05) is 29.6 Å². The van der Waals surface area contributed by atoms with Crippen LogP contribution in [0.3, 0.4) is 0 Å². The summed E-state index contributed by atoms with van der Waals surface area (Å²) in [7, 11) is 0. The van der Waals surface area contributed by atoms with Crippen molar-refractivity contribution in [1.29, 1.82) is 0 Å². The summed E-state index contributed by atoms with van der Waals surface area (Å²) in [6.45, 7) is 4.70. The summed E-state index contributed by atoms with van der Waals surface area (Å²) < 4.78 is 5.35. The number of carbonyl (C=O) groups excluding carboxylic acids is 2. The predicted molar refractivity (Wildman–Crippen MR) is 102 cm³/mol. The predicted octanol–water partition coefficient (Wildman–Crippen LogP) is 2.34. The van der Waals surface area contributed by atoms with E-state index >= 15 is 0 Å². The number of carbonyl (C=O) groups is 2. The Morgan fingerprint density at radius 2 is 1.88 bits per heavy atom. The number of amides is 2. The van der Waals surface area contributed by atoms with Gasteiger partial charge in [0.1, 0.15) is 0 Å². The number of hydrogen-bond donors (Lipinski definition) is 2. The van der Waals surface area contributed by atoms with E-state index in [4.69, 9.17) is 4.74 Å². The van der Waals surface area contributed by atoms with Gasteiger partial charge in [0.05, 0.1) is 13.2 Å². The van der Waals surface area contributed by atoms with Crippen LogP contribution >= 0.6 is 11.3 Å². The minimum atomic E-state index is -0.147. The van der Waals surface area contributed by atoms with Gasteiger partial charge in [0.15, 0.2) is 0 Å². The van der Waals surface area contributed by atoms with Gasteiger partial charge >= 0.3 is 0 Å². The lowest BCUT2D eigenvalue weighted by molar-refractivity contribution is -0.116. The number of nitrogens with zero attached hydrogens (tertiary/aromatic N) is 1. The second kappa shape index (κ2) is 9.47. The first-order valence-corrected chi connectivity index (χ1v) is 9.64. The molecule has 0 aliphatic carbocycles. The third-order valence-electron chi connectivity index (χ3n) is 4.17. The third kappa shape index (κ3) is 5.66. The Morgan fingerprint density at radius 3 is 2.58 bits per heavy atom. The van der Waals surface area contributed by atoms with Gasteiger partial charge in [0.2, 0.25) is 5.91 Å². The van der Waals surface area contributed by atoms with Gasteiger partial charge in [-0.2, -0.15) is 11.3 Å². The van der Waals surface area contributed by atoms with Gasteiger partial charge in [0, 0.05) is 49.2 Å². The summed E-state index contributed by atoms with van der Waals surface area (Å²) in [4.78, 5) is 26.2. The van der Waals surface area contributed by atoms with E-state index in [1.54, 1.807) is 11.4 Å². The molecule has 1 aromatic carbocycles. The summed E-state index contributed by atoms with van der Waals surface area (Å²) in [6.07, 6.45) is 0.241. The van der Waals surface area contributed by atoms with Crippen molar-refractivity contribution in [1.82, 2.24) is 10.2 Å².